The summed E-state index contributed by atoms with van der Waals surface area (Å²) in [5.41, 5.74) is 8.61. The molecule has 21 heavy (non-hydrogen) atoms. The molecule has 0 aliphatic rings. The number of hydrogen-bond donors (Lipinski definition) is 2. The maximum absolute atomic E-state index is 12.2. The number of carbonyl (C=O) groups excluding carboxylic acids is 1. The van der Waals surface area contributed by atoms with Crippen LogP contribution in [0, 0.1) is 0 Å². The Balaban J connectivity index is 1.77. The van der Waals surface area contributed by atoms with Gasteiger partial charge in [-0.15, -0.1) is 0 Å². The van der Waals surface area contributed by atoms with Gasteiger partial charge in [-0.2, -0.15) is 0 Å². The second kappa shape index (κ2) is 5.76. The molecule has 0 saturated heterocycles. The highest BCUT2D eigenvalue weighted by Gasteiger charge is 2.13. The van der Waals surface area contributed by atoms with Crippen molar-refractivity contribution in [3.63, 3.8) is 0 Å². The molecule has 0 saturated carbocycles. The molecular formula is C16H15N3O2. The van der Waals surface area contributed by atoms with Crippen LogP contribution in [0.25, 0.3) is 11.0 Å². The van der Waals surface area contributed by atoms with Gasteiger partial charge in [0.15, 0.2) is 5.58 Å². The number of nitrogens with one attached hydrogen (secondary N) is 1. The highest BCUT2D eigenvalue weighted by Crippen LogP contribution is 2.19. The first kappa shape index (κ1) is 13.3. The van der Waals surface area contributed by atoms with Crippen molar-refractivity contribution in [3.8, 4) is 0 Å². The minimum Gasteiger partial charge on any atom is -0.356 e. The predicted molar refractivity (Wildman–Crippen MR) is 80.7 cm³/mol. The maximum atomic E-state index is 12.2. The molecule has 1 aromatic heterocycles. The number of fused-ring (bicyclic) bond motifs is 1. The lowest BCUT2D eigenvalue weighted by atomic mass is 10.1. The lowest BCUT2D eigenvalue weighted by Gasteiger charge is -2.08. The third-order valence-electron chi connectivity index (χ3n) is 3.29. The molecule has 0 bridgehead atoms. The van der Waals surface area contributed by atoms with Crippen LogP contribution in [0.15, 0.2) is 53.1 Å². The van der Waals surface area contributed by atoms with E-state index in [1.807, 2.05) is 48.5 Å². The molecule has 3 N–H and O–H groups in total. The molecule has 1 amide bonds. The van der Waals surface area contributed by atoms with Gasteiger partial charge >= 0.3 is 0 Å². The van der Waals surface area contributed by atoms with E-state index in [1.165, 1.54) is 0 Å². The SMILES string of the molecule is NCc1ccccc1NC(=O)Cc1noc2ccccc12. The van der Waals surface area contributed by atoms with Crippen LogP contribution in [0.5, 0.6) is 0 Å². The topological polar surface area (TPSA) is 81.1 Å². The van der Waals surface area contributed by atoms with Crippen molar-refractivity contribution in [3.05, 3.63) is 59.8 Å². The van der Waals surface area contributed by atoms with Crippen molar-refractivity contribution in [2.45, 2.75) is 13.0 Å². The number of benzene rings is 2. The van der Waals surface area contributed by atoms with Crippen LogP contribution in [0.4, 0.5) is 5.69 Å². The standard InChI is InChI=1S/C16H15N3O2/c17-10-11-5-1-3-7-13(11)18-16(20)9-14-12-6-2-4-8-15(12)21-19-14/h1-8H,9-10,17H2,(H,18,20). The van der Waals surface area contributed by atoms with Crippen LogP contribution in [0.1, 0.15) is 11.3 Å². The summed E-state index contributed by atoms with van der Waals surface area (Å²) in [6.45, 7) is 0.378. The van der Waals surface area contributed by atoms with Crippen LogP contribution < -0.4 is 11.1 Å². The summed E-state index contributed by atoms with van der Waals surface area (Å²) in [7, 11) is 0. The van der Waals surface area contributed by atoms with Gasteiger partial charge in [-0.3, -0.25) is 4.79 Å². The van der Waals surface area contributed by atoms with Crippen LogP contribution >= 0.6 is 0 Å². The van der Waals surface area contributed by atoms with Crippen molar-refractivity contribution in [2.75, 3.05) is 5.32 Å². The van der Waals surface area contributed by atoms with Crippen LogP contribution in [0.2, 0.25) is 0 Å². The molecule has 0 spiro atoms. The van der Waals surface area contributed by atoms with Gasteiger partial charge in [0.2, 0.25) is 5.91 Å². The molecule has 3 rings (SSSR count). The molecule has 2 aromatic carbocycles. The lowest BCUT2D eigenvalue weighted by molar-refractivity contribution is -0.115. The largest absolute Gasteiger partial charge is 0.356 e. The zero-order chi connectivity index (χ0) is 14.7. The zero-order valence-corrected chi connectivity index (χ0v) is 11.4. The molecule has 0 atom stereocenters. The number of para-hydroxylation sites is 2. The van der Waals surface area contributed by atoms with Crippen molar-refractivity contribution in [2.24, 2.45) is 5.73 Å². The molecular weight excluding hydrogens is 266 g/mol. The summed E-state index contributed by atoms with van der Waals surface area (Å²) in [5.74, 6) is -0.144. The number of amides is 1. The Hall–Kier alpha value is -2.66. The number of nitrogens with two attached hydrogens (primary N) is 1. The molecule has 5 heteroatoms. The minimum absolute atomic E-state index is 0.144. The van der Waals surface area contributed by atoms with Crippen molar-refractivity contribution in [1.82, 2.24) is 5.16 Å². The van der Waals surface area contributed by atoms with E-state index in [2.05, 4.69) is 10.5 Å². The summed E-state index contributed by atoms with van der Waals surface area (Å²) < 4.78 is 5.20. The van der Waals surface area contributed by atoms with Crippen molar-refractivity contribution in [1.29, 1.82) is 0 Å². The van der Waals surface area contributed by atoms with Gasteiger partial charge in [-0.05, 0) is 23.8 Å². The quantitative estimate of drug-likeness (QED) is 0.769. The Kier molecular flexibility index (Phi) is 3.66. The van der Waals surface area contributed by atoms with Gasteiger partial charge in [0.05, 0.1) is 6.42 Å². The summed E-state index contributed by atoms with van der Waals surface area (Å²) in [6, 6.07) is 15.0. The number of aromatic nitrogens is 1. The fourth-order valence-corrected chi connectivity index (χ4v) is 2.23. The van der Waals surface area contributed by atoms with Crippen molar-refractivity contribution >= 4 is 22.6 Å². The average Bonchev–Trinajstić information content (AvgIpc) is 2.91. The molecule has 0 radical (unpaired) electrons. The Morgan fingerprint density at radius 3 is 2.76 bits per heavy atom. The van der Waals surface area contributed by atoms with Gasteiger partial charge in [-0.25, -0.2) is 0 Å². The highest BCUT2D eigenvalue weighted by atomic mass is 16.5. The molecule has 0 aliphatic carbocycles. The fraction of sp³-hybridized carbons (Fsp3) is 0.125. The normalized spacial score (nSPS) is 10.7. The van der Waals surface area contributed by atoms with E-state index in [4.69, 9.17) is 10.3 Å². The summed E-state index contributed by atoms with van der Waals surface area (Å²) in [6.07, 6.45) is 0.163. The van der Waals surface area contributed by atoms with Gasteiger partial charge in [0.25, 0.3) is 0 Å². The number of carbonyl (C=O) groups is 1. The molecule has 3 aromatic rings. The summed E-state index contributed by atoms with van der Waals surface area (Å²) in [4.78, 5) is 12.2. The monoisotopic (exact) mass is 281 g/mol. The molecule has 0 unspecified atom stereocenters. The highest BCUT2D eigenvalue weighted by molar-refractivity contribution is 5.95. The second-order valence-corrected chi connectivity index (χ2v) is 4.71. The smallest absolute Gasteiger partial charge is 0.230 e. The Labute approximate surface area is 121 Å². The van der Waals surface area contributed by atoms with E-state index in [-0.39, 0.29) is 12.3 Å². The lowest BCUT2D eigenvalue weighted by Crippen LogP contribution is -2.16. The first-order valence-corrected chi connectivity index (χ1v) is 6.69. The minimum atomic E-state index is -0.144. The van der Waals surface area contributed by atoms with E-state index < -0.39 is 0 Å². The van der Waals surface area contributed by atoms with Crippen LogP contribution in [0.3, 0.4) is 0 Å². The van der Waals surface area contributed by atoms with E-state index in [9.17, 15) is 4.79 Å². The average molecular weight is 281 g/mol. The van der Waals surface area contributed by atoms with Crippen molar-refractivity contribution < 1.29 is 9.32 Å². The number of rotatable bonds is 4. The zero-order valence-electron chi connectivity index (χ0n) is 11.4. The first-order valence-electron chi connectivity index (χ1n) is 6.69. The Morgan fingerprint density at radius 1 is 1.14 bits per heavy atom. The Bertz CT molecular complexity index is 780. The number of hydrogen-bond acceptors (Lipinski definition) is 4. The first-order chi connectivity index (χ1) is 10.3. The fourth-order valence-electron chi connectivity index (χ4n) is 2.23. The van der Waals surface area contributed by atoms with Gasteiger partial charge in [0.1, 0.15) is 5.69 Å². The third-order valence-corrected chi connectivity index (χ3v) is 3.29. The summed E-state index contributed by atoms with van der Waals surface area (Å²) in [5, 5.41) is 7.68. The summed E-state index contributed by atoms with van der Waals surface area (Å²) >= 11 is 0. The van der Waals surface area contributed by atoms with E-state index in [1.54, 1.807) is 0 Å². The van der Waals surface area contributed by atoms with E-state index in [0.717, 1.165) is 16.6 Å². The van der Waals surface area contributed by atoms with Crippen LogP contribution in [-0.4, -0.2) is 11.1 Å². The van der Waals surface area contributed by atoms with Crippen LogP contribution in [-0.2, 0) is 17.8 Å². The molecule has 0 aliphatic heterocycles. The number of nitrogens with zero attached hydrogens (tertiary/aromatic N) is 1. The second-order valence-electron chi connectivity index (χ2n) is 4.71. The Morgan fingerprint density at radius 2 is 1.90 bits per heavy atom. The van der Waals surface area contributed by atoms with E-state index >= 15 is 0 Å². The molecule has 1 heterocycles. The van der Waals surface area contributed by atoms with Gasteiger partial charge in [0, 0.05) is 17.6 Å². The molecule has 5 nitrogen and oxygen atoms in total. The molecule has 106 valence electrons. The number of anilines is 1. The van der Waals surface area contributed by atoms with Gasteiger partial charge in [-0.1, -0.05) is 35.5 Å². The van der Waals surface area contributed by atoms with Gasteiger partial charge < -0.3 is 15.6 Å². The molecule has 0 fully saturated rings. The maximum Gasteiger partial charge on any atom is 0.230 e. The third kappa shape index (κ3) is 2.78. The van der Waals surface area contributed by atoms with E-state index in [0.29, 0.717) is 17.8 Å². The predicted octanol–water partition coefficient (Wildman–Crippen LogP) is 2.47.